The first kappa shape index (κ1) is 11.1. The number of rotatable bonds is 3. The van der Waals surface area contributed by atoms with E-state index in [1.165, 1.54) is 12.8 Å². The Kier molecular flexibility index (Phi) is 2.92. The average Bonchev–Trinajstić information content (AvgIpc) is 3.11. The zero-order valence-electron chi connectivity index (χ0n) is 9.02. The molecule has 2 rings (SSSR count). The lowest BCUT2D eigenvalue weighted by atomic mass is 10.1. The van der Waals surface area contributed by atoms with E-state index in [0.29, 0.717) is 16.6 Å². The fourth-order valence-electron chi connectivity index (χ4n) is 1.73. The van der Waals surface area contributed by atoms with E-state index in [9.17, 15) is 0 Å². The highest BCUT2D eigenvalue weighted by Crippen LogP contribution is 2.33. The standard InChI is InChI=1S/C11H14ClN3O/c1-15(8-3-4-8)10-6-7(12)2-5-9(10)11(13)14-16/h2,5-6,8,16H,3-4H2,1H3,(H2,13,14). The molecule has 0 radical (unpaired) electrons. The lowest BCUT2D eigenvalue weighted by molar-refractivity contribution is 0.318. The molecule has 0 unspecified atom stereocenters. The van der Waals surface area contributed by atoms with Crippen molar-refractivity contribution in [3.63, 3.8) is 0 Å². The van der Waals surface area contributed by atoms with Crippen LogP contribution < -0.4 is 10.6 Å². The highest BCUT2D eigenvalue weighted by molar-refractivity contribution is 6.31. The maximum Gasteiger partial charge on any atom is 0.172 e. The highest BCUT2D eigenvalue weighted by Gasteiger charge is 2.28. The zero-order valence-corrected chi connectivity index (χ0v) is 9.78. The van der Waals surface area contributed by atoms with Gasteiger partial charge in [0.25, 0.3) is 0 Å². The average molecular weight is 240 g/mol. The molecule has 1 aliphatic rings. The van der Waals surface area contributed by atoms with E-state index in [0.717, 1.165) is 5.69 Å². The Morgan fingerprint density at radius 3 is 2.81 bits per heavy atom. The van der Waals surface area contributed by atoms with Crippen molar-refractivity contribution in [3.8, 4) is 0 Å². The van der Waals surface area contributed by atoms with Gasteiger partial charge in [-0.15, -0.1) is 0 Å². The molecule has 0 saturated heterocycles. The van der Waals surface area contributed by atoms with Gasteiger partial charge in [-0.3, -0.25) is 0 Å². The lowest BCUT2D eigenvalue weighted by Crippen LogP contribution is -2.24. The summed E-state index contributed by atoms with van der Waals surface area (Å²) in [7, 11) is 2.00. The summed E-state index contributed by atoms with van der Waals surface area (Å²) in [4.78, 5) is 2.12. The van der Waals surface area contributed by atoms with Crippen LogP contribution in [0.25, 0.3) is 0 Å². The molecule has 3 N–H and O–H groups in total. The van der Waals surface area contributed by atoms with Crippen LogP contribution in [0.5, 0.6) is 0 Å². The summed E-state index contributed by atoms with van der Waals surface area (Å²) < 4.78 is 0. The first-order valence-corrected chi connectivity index (χ1v) is 5.51. The minimum absolute atomic E-state index is 0.110. The van der Waals surface area contributed by atoms with Gasteiger partial charge in [0.15, 0.2) is 5.84 Å². The number of anilines is 1. The molecule has 4 nitrogen and oxygen atoms in total. The van der Waals surface area contributed by atoms with E-state index in [1.54, 1.807) is 12.1 Å². The van der Waals surface area contributed by atoms with E-state index in [2.05, 4.69) is 10.1 Å². The van der Waals surface area contributed by atoms with Gasteiger partial charge in [0, 0.05) is 29.4 Å². The van der Waals surface area contributed by atoms with Crippen LogP contribution in [0.4, 0.5) is 5.69 Å². The summed E-state index contributed by atoms with van der Waals surface area (Å²) in [6.07, 6.45) is 2.36. The SMILES string of the molecule is CN(c1cc(Cl)ccc1C(N)=NO)C1CC1. The molecule has 0 heterocycles. The Morgan fingerprint density at radius 1 is 1.56 bits per heavy atom. The molecule has 16 heavy (non-hydrogen) atoms. The molecule has 0 bridgehead atoms. The van der Waals surface area contributed by atoms with Gasteiger partial charge in [-0.25, -0.2) is 0 Å². The molecule has 1 aromatic rings. The Balaban J connectivity index is 2.43. The third-order valence-electron chi connectivity index (χ3n) is 2.82. The minimum Gasteiger partial charge on any atom is -0.409 e. The molecule has 0 spiro atoms. The molecule has 1 aromatic carbocycles. The van der Waals surface area contributed by atoms with Gasteiger partial charge in [-0.1, -0.05) is 16.8 Å². The van der Waals surface area contributed by atoms with Gasteiger partial charge in [0.05, 0.1) is 0 Å². The number of hydrogen-bond acceptors (Lipinski definition) is 3. The van der Waals surface area contributed by atoms with Crippen LogP contribution in [0, 0.1) is 0 Å². The summed E-state index contributed by atoms with van der Waals surface area (Å²) >= 11 is 5.96. The number of halogens is 1. The van der Waals surface area contributed by atoms with Crippen LogP contribution in [0.15, 0.2) is 23.4 Å². The second-order valence-corrected chi connectivity index (χ2v) is 4.43. The molecular formula is C11H14ClN3O. The van der Waals surface area contributed by atoms with Crippen molar-refractivity contribution in [2.45, 2.75) is 18.9 Å². The summed E-state index contributed by atoms with van der Waals surface area (Å²) in [5.74, 6) is 0.110. The first-order valence-electron chi connectivity index (χ1n) is 5.13. The van der Waals surface area contributed by atoms with E-state index in [1.807, 2.05) is 13.1 Å². The smallest absolute Gasteiger partial charge is 0.172 e. The van der Waals surface area contributed by atoms with E-state index in [-0.39, 0.29) is 5.84 Å². The van der Waals surface area contributed by atoms with Crippen LogP contribution in [0.3, 0.4) is 0 Å². The molecule has 86 valence electrons. The Hall–Kier alpha value is -1.42. The maximum absolute atomic E-state index is 8.73. The van der Waals surface area contributed by atoms with Crippen molar-refractivity contribution in [1.29, 1.82) is 0 Å². The molecule has 5 heteroatoms. The van der Waals surface area contributed by atoms with Crippen LogP contribution in [-0.4, -0.2) is 24.1 Å². The quantitative estimate of drug-likeness (QED) is 0.367. The molecule has 1 aliphatic carbocycles. The highest BCUT2D eigenvalue weighted by atomic mass is 35.5. The third-order valence-corrected chi connectivity index (χ3v) is 3.05. The first-order chi connectivity index (χ1) is 7.63. The Bertz CT molecular complexity index is 429. The van der Waals surface area contributed by atoms with Gasteiger partial charge in [-0.05, 0) is 31.0 Å². The maximum atomic E-state index is 8.73. The summed E-state index contributed by atoms with van der Waals surface area (Å²) in [6, 6.07) is 5.89. The normalized spacial score (nSPS) is 16.2. The summed E-state index contributed by atoms with van der Waals surface area (Å²) in [6.45, 7) is 0. The van der Waals surface area contributed by atoms with Crippen molar-refractivity contribution in [3.05, 3.63) is 28.8 Å². The number of hydrogen-bond donors (Lipinski definition) is 2. The topological polar surface area (TPSA) is 61.8 Å². The summed E-state index contributed by atoms with van der Waals surface area (Å²) in [5, 5.41) is 12.4. The van der Waals surface area contributed by atoms with Gasteiger partial charge in [0.1, 0.15) is 0 Å². The molecule has 0 atom stereocenters. The monoisotopic (exact) mass is 239 g/mol. The van der Waals surface area contributed by atoms with Crippen LogP contribution in [0.1, 0.15) is 18.4 Å². The lowest BCUT2D eigenvalue weighted by Gasteiger charge is -2.21. The molecule has 0 aliphatic heterocycles. The molecule has 0 amide bonds. The van der Waals surface area contributed by atoms with Crippen LogP contribution >= 0.6 is 11.6 Å². The molecule has 0 aromatic heterocycles. The van der Waals surface area contributed by atoms with E-state index >= 15 is 0 Å². The van der Waals surface area contributed by atoms with Crippen molar-refractivity contribution in [2.24, 2.45) is 10.9 Å². The second-order valence-electron chi connectivity index (χ2n) is 3.99. The number of benzene rings is 1. The Morgan fingerprint density at radius 2 is 2.25 bits per heavy atom. The Labute approximate surface area is 99.3 Å². The van der Waals surface area contributed by atoms with Gasteiger partial charge >= 0.3 is 0 Å². The third kappa shape index (κ3) is 2.07. The largest absolute Gasteiger partial charge is 0.409 e. The number of nitrogens with zero attached hydrogens (tertiary/aromatic N) is 2. The molecule has 1 fully saturated rings. The van der Waals surface area contributed by atoms with Crippen molar-refractivity contribution in [1.82, 2.24) is 0 Å². The van der Waals surface area contributed by atoms with Crippen molar-refractivity contribution in [2.75, 3.05) is 11.9 Å². The van der Waals surface area contributed by atoms with Crippen LogP contribution in [0.2, 0.25) is 5.02 Å². The van der Waals surface area contributed by atoms with E-state index < -0.39 is 0 Å². The van der Waals surface area contributed by atoms with Gasteiger partial charge in [-0.2, -0.15) is 0 Å². The fraction of sp³-hybridized carbons (Fsp3) is 0.364. The fourth-order valence-corrected chi connectivity index (χ4v) is 1.89. The summed E-state index contributed by atoms with van der Waals surface area (Å²) in [5.41, 5.74) is 7.25. The second kappa shape index (κ2) is 4.22. The predicted octanol–water partition coefficient (Wildman–Crippen LogP) is 2.03. The van der Waals surface area contributed by atoms with Crippen molar-refractivity contribution >= 4 is 23.1 Å². The van der Waals surface area contributed by atoms with Gasteiger partial charge in [0.2, 0.25) is 0 Å². The van der Waals surface area contributed by atoms with Gasteiger partial charge < -0.3 is 15.8 Å². The molecule has 1 saturated carbocycles. The number of oxime groups is 1. The number of nitrogens with two attached hydrogens (primary N) is 1. The number of amidine groups is 1. The predicted molar refractivity (Wildman–Crippen MR) is 65.4 cm³/mol. The molecular weight excluding hydrogens is 226 g/mol. The van der Waals surface area contributed by atoms with Crippen molar-refractivity contribution < 1.29 is 5.21 Å². The van der Waals surface area contributed by atoms with Crippen LogP contribution in [-0.2, 0) is 0 Å². The van der Waals surface area contributed by atoms with E-state index in [4.69, 9.17) is 22.5 Å². The zero-order chi connectivity index (χ0) is 11.7. The minimum atomic E-state index is 0.110.